The maximum Gasteiger partial charge on any atom is 0.408 e. The topological polar surface area (TPSA) is 38.3 Å². The molecule has 3 nitrogen and oxygen atoms in total. The van der Waals surface area contributed by atoms with Crippen LogP contribution in [0.25, 0.3) is 0 Å². The highest BCUT2D eigenvalue weighted by atomic mass is 127. The Morgan fingerprint density at radius 2 is 2.33 bits per heavy atom. The van der Waals surface area contributed by atoms with Gasteiger partial charge in [0.15, 0.2) is 0 Å². The van der Waals surface area contributed by atoms with Crippen molar-refractivity contribution in [1.29, 1.82) is 0 Å². The van der Waals surface area contributed by atoms with Crippen molar-refractivity contribution in [2.24, 2.45) is 5.92 Å². The van der Waals surface area contributed by atoms with Crippen molar-refractivity contribution in [3.05, 3.63) is 10.2 Å². The Kier molecular flexibility index (Phi) is 2.98. The van der Waals surface area contributed by atoms with Crippen LogP contribution in [0.4, 0.5) is 4.79 Å². The van der Waals surface area contributed by atoms with Crippen molar-refractivity contribution < 1.29 is 9.53 Å². The summed E-state index contributed by atoms with van der Waals surface area (Å²) in [5.41, 5.74) is 0. The van der Waals surface area contributed by atoms with Crippen LogP contribution in [0, 0.1) is 5.92 Å². The number of ether oxygens (including phenoxy) is 1. The maximum atomic E-state index is 10.9. The summed E-state index contributed by atoms with van der Waals surface area (Å²) in [6, 6.07) is -0.0295. The lowest BCUT2D eigenvalue weighted by atomic mass is 10.0. The first kappa shape index (κ1) is 9.83. The molecule has 68 valence electrons. The number of hydrogen-bond donors (Lipinski definition) is 1. The van der Waals surface area contributed by atoms with Crippen LogP contribution in [-0.4, -0.2) is 18.2 Å². The van der Waals surface area contributed by atoms with Crippen LogP contribution < -0.4 is 5.32 Å². The minimum absolute atomic E-state index is 0.0295. The van der Waals surface area contributed by atoms with Gasteiger partial charge in [-0.15, -0.1) is 0 Å². The number of halogens is 1. The molecule has 1 heterocycles. The van der Waals surface area contributed by atoms with Gasteiger partial charge in [0.05, 0.1) is 6.04 Å². The van der Waals surface area contributed by atoms with E-state index in [1.54, 1.807) is 0 Å². The second kappa shape index (κ2) is 3.64. The van der Waals surface area contributed by atoms with Crippen LogP contribution in [0.2, 0.25) is 0 Å². The third-order valence-electron chi connectivity index (χ3n) is 1.84. The molecule has 0 unspecified atom stereocenters. The van der Waals surface area contributed by atoms with Gasteiger partial charge in [-0.3, -0.25) is 0 Å². The normalized spacial score (nSPS) is 28.5. The van der Waals surface area contributed by atoms with Gasteiger partial charge in [-0.1, -0.05) is 20.4 Å². The lowest BCUT2D eigenvalue weighted by molar-refractivity contribution is 0.108. The van der Waals surface area contributed by atoms with Crippen LogP contribution in [0.3, 0.4) is 0 Å². The van der Waals surface area contributed by atoms with Crippen LogP contribution in [0.1, 0.15) is 13.8 Å². The van der Waals surface area contributed by atoms with E-state index in [2.05, 4.69) is 34.5 Å². The van der Waals surface area contributed by atoms with Gasteiger partial charge in [0.2, 0.25) is 0 Å². The Labute approximate surface area is 85.7 Å². The molecular weight excluding hydrogens is 269 g/mol. The maximum absolute atomic E-state index is 10.9. The number of amides is 1. The van der Waals surface area contributed by atoms with Gasteiger partial charge in [-0.2, -0.15) is 0 Å². The standard InChI is InChI=1S/C8H12INO2/c1-4(2)7-6(5(3)9)10-8(11)12-7/h4,6-7H,3H2,1-2H3,(H,10,11)/t6-,7-/m1/s1. The van der Waals surface area contributed by atoms with Gasteiger partial charge >= 0.3 is 6.09 Å². The van der Waals surface area contributed by atoms with Crippen LogP contribution in [0.5, 0.6) is 0 Å². The second-order valence-corrected chi connectivity index (χ2v) is 4.57. The monoisotopic (exact) mass is 281 g/mol. The van der Waals surface area contributed by atoms with Gasteiger partial charge in [-0.25, -0.2) is 4.79 Å². The fourth-order valence-electron chi connectivity index (χ4n) is 1.21. The molecule has 0 aromatic carbocycles. The quantitative estimate of drug-likeness (QED) is 0.787. The summed E-state index contributed by atoms with van der Waals surface area (Å²) in [5.74, 6) is 0.320. The molecule has 1 N–H and O–H groups in total. The van der Waals surface area contributed by atoms with Crippen LogP contribution in [0.15, 0.2) is 10.2 Å². The van der Waals surface area contributed by atoms with Crippen LogP contribution >= 0.6 is 22.6 Å². The number of alkyl carbamates (subject to hydrolysis) is 1. The van der Waals surface area contributed by atoms with Crippen molar-refractivity contribution in [3.8, 4) is 0 Å². The molecule has 0 radical (unpaired) electrons. The highest BCUT2D eigenvalue weighted by Gasteiger charge is 2.36. The van der Waals surface area contributed by atoms with E-state index in [4.69, 9.17) is 4.74 Å². The number of cyclic esters (lactones) is 1. The van der Waals surface area contributed by atoms with Gasteiger partial charge in [0.1, 0.15) is 6.10 Å². The zero-order chi connectivity index (χ0) is 9.30. The number of carbonyl (C=O) groups is 1. The lowest BCUT2D eigenvalue weighted by Crippen LogP contribution is -2.34. The molecule has 0 aromatic rings. The molecule has 0 bridgehead atoms. The summed E-state index contributed by atoms with van der Waals surface area (Å²) in [6.45, 7) is 7.85. The first-order valence-electron chi connectivity index (χ1n) is 3.84. The second-order valence-electron chi connectivity index (χ2n) is 3.18. The van der Waals surface area contributed by atoms with Crippen molar-refractivity contribution in [3.63, 3.8) is 0 Å². The molecule has 1 rings (SSSR count). The molecule has 0 spiro atoms. The first-order chi connectivity index (χ1) is 5.52. The molecule has 4 heteroatoms. The molecule has 1 amide bonds. The zero-order valence-corrected chi connectivity index (χ0v) is 9.29. The molecule has 0 aromatic heterocycles. The summed E-state index contributed by atoms with van der Waals surface area (Å²) >= 11 is 2.11. The van der Waals surface area contributed by atoms with Gasteiger partial charge in [0, 0.05) is 3.58 Å². The Balaban J connectivity index is 2.72. The average Bonchev–Trinajstić information content (AvgIpc) is 2.31. The van der Waals surface area contributed by atoms with Crippen molar-refractivity contribution in [1.82, 2.24) is 5.32 Å². The van der Waals surface area contributed by atoms with E-state index < -0.39 is 0 Å². The molecule has 1 fully saturated rings. The summed E-state index contributed by atoms with van der Waals surface area (Å²) in [6.07, 6.45) is -0.404. The smallest absolute Gasteiger partial charge is 0.408 e. The van der Waals surface area contributed by atoms with Gasteiger partial charge in [-0.05, 0) is 28.5 Å². The van der Waals surface area contributed by atoms with Crippen molar-refractivity contribution in [2.75, 3.05) is 0 Å². The summed E-state index contributed by atoms with van der Waals surface area (Å²) in [4.78, 5) is 10.9. The zero-order valence-electron chi connectivity index (χ0n) is 7.13. The minimum atomic E-state index is -0.337. The minimum Gasteiger partial charge on any atom is -0.443 e. The largest absolute Gasteiger partial charge is 0.443 e. The third kappa shape index (κ3) is 1.91. The van der Waals surface area contributed by atoms with Crippen molar-refractivity contribution >= 4 is 28.7 Å². The Hall–Kier alpha value is -0.260. The fourth-order valence-corrected chi connectivity index (χ4v) is 1.72. The Morgan fingerprint density at radius 3 is 2.67 bits per heavy atom. The van der Waals surface area contributed by atoms with E-state index in [-0.39, 0.29) is 18.2 Å². The average molecular weight is 281 g/mol. The lowest BCUT2D eigenvalue weighted by Gasteiger charge is -2.18. The molecule has 12 heavy (non-hydrogen) atoms. The molecule has 2 atom stereocenters. The molecule has 1 aliphatic rings. The van der Waals surface area contributed by atoms with E-state index in [0.717, 1.165) is 3.58 Å². The number of hydrogen-bond acceptors (Lipinski definition) is 2. The van der Waals surface area contributed by atoms with Crippen molar-refractivity contribution in [2.45, 2.75) is 26.0 Å². The highest BCUT2D eigenvalue weighted by molar-refractivity contribution is 14.1. The molecule has 0 aliphatic carbocycles. The highest BCUT2D eigenvalue weighted by Crippen LogP contribution is 2.24. The predicted molar refractivity (Wildman–Crippen MR) is 55.2 cm³/mol. The molecule has 1 aliphatic heterocycles. The summed E-state index contributed by atoms with van der Waals surface area (Å²) in [7, 11) is 0. The van der Waals surface area contributed by atoms with E-state index in [0.29, 0.717) is 5.92 Å². The van der Waals surface area contributed by atoms with Gasteiger partial charge in [0.25, 0.3) is 0 Å². The van der Waals surface area contributed by atoms with E-state index >= 15 is 0 Å². The van der Waals surface area contributed by atoms with Gasteiger partial charge < -0.3 is 10.1 Å². The first-order valence-corrected chi connectivity index (χ1v) is 4.91. The number of nitrogens with one attached hydrogen (secondary N) is 1. The Bertz CT molecular complexity index is 215. The van der Waals surface area contributed by atoms with Crippen LogP contribution in [-0.2, 0) is 4.74 Å². The van der Waals surface area contributed by atoms with E-state index in [1.165, 1.54) is 0 Å². The SMILES string of the molecule is C=C(I)[C@H]1NC(=O)O[C@@H]1C(C)C. The molecular formula is C8H12INO2. The summed E-state index contributed by atoms with van der Waals surface area (Å²) in [5, 5.41) is 2.72. The fraction of sp³-hybridized carbons (Fsp3) is 0.625. The third-order valence-corrected chi connectivity index (χ3v) is 2.51. The number of carbonyl (C=O) groups excluding carboxylic acids is 1. The molecule has 1 saturated heterocycles. The van der Waals surface area contributed by atoms with E-state index in [1.807, 2.05) is 13.8 Å². The summed E-state index contributed by atoms with van der Waals surface area (Å²) < 4.78 is 6.00. The van der Waals surface area contributed by atoms with E-state index in [9.17, 15) is 4.79 Å². The Morgan fingerprint density at radius 1 is 1.75 bits per heavy atom. The number of rotatable bonds is 2. The predicted octanol–water partition coefficient (Wildman–Crippen LogP) is 2.07. The molecule has 0 saturated carbocycles.